The number of fused-ring (bicyclic) bond motifs is 1. The second-order valence-electron chi connectivity index (χ2n) is 7.34. The molecule has 2 aromatic carbocycles. The lowest BCUT2D eigenvalue weighted by molar-refractivity contribution is -0.144. The van der Waals surface area contributed by atoms with Gasteiger partial charge in [0.25, 0.3) is 0 Å². The number of aliphatic carboxylic acids is 1. The molecule has 1 aliphatic carbocycles. The summed E-state index contributed by atoms with van der Waals surface area (Å²) >= 11 is 0. The van der Waals surface area contributed by atoms with Crippen molar-refractivity contribution in [2.75, 3.05) is 11.9 Å². The number of amides is 1. The number of hydrogen-bond donors (Lipinski definition) is 2. The van der Waals surface area contributed by atoms with Gasteiger partial charge >= 0.3 is 5.97 Å². The van der Waals surface area contributed by atoms with Gasteiger partial charge in [-0.05, 0) is 47.7 Å². The molecule has 4 rings (SSSR count). The molecule has 148 valence electrons. The van der Waals surface area contributed by atoms with Crippen LogP contribution in [-0.4, -0.2) is 44.4 Å². The number of carboxylic acid groups (broad SMARTS) is 1. The number of carbonyl (C=O) groups excluding carboxylic acids is 1. The lowest BCUT2D eigenvalue weighted by atomic mass is 10.0. The van der Waals surface area contributed by atoms with Crippen LogP contribution in [0.2, 0.25) is 0 Å². The topological polar surface area (TPSA) is 95.4 Å². The van der Waals surface area contributed by atoms with Crippen LogP contribution in [0.25, 0.3) is 22.0 Å². The summed E-state index contributed by atoms with van der Waals surface area (Å²) in [7, 11) is 0. The highest BCUT2D eigenvalue weighted by molar-refractivity contribution is 5.92. The Morgan fingerprint density at radius 2 is 1.93 bits per heavy atom. The summed E-state index contributed by atoms with van der Waals surface area (Å²) in [5.74, 6) is -0.447. The van der Waals surface area contributed by atoms with Crippen molar-refractivity contribution in [3.63, 3.8) is 0 Å². The molecule has 1 heterocycles. The van der Waals surface area contributed by atoms with Crippen LogP contribution in [0, 0.1) is 0 Å². The molecule has 0 unspecified atom stereocenters. The lowest BCUT2D eigenvalue weighted by Gasteiger charge is -2.19. The van der Waals surface area contributed by atoms with Crippen LogP contribution >= 0.6 is 0 Å². The monoisotopic (exact) mass is 390 g/mol. The smallest absolute Gasteiger partial charge is 0.323 e. The second kappa shape index (κ2) is 7.87. The van der Waals surface area contributed by atoms with Gasteiger partial charge in [-0.1, -0.05) is 24.3 Å². The van der Waals surface area contributed by atoms with E-state index in [0.717, 1.165) is 46.3 Å². The maximum atomic E-state index is 11.8. The third-order valence-corrected chi connectivity index (χ3v) is 4.96. The number of aromatic nitrogens is 2. The molecule has 0 atom stereocenters. The van der Waals surface area contributed by atoms with Gasteiger partial charge < -0.3 is 15.3 Å². The van der Waals surface area contributed by atoms with Gasteiger partial charge in [-0.25, -0.2) is 9.97 Å². The van der Waals surface area contributed by atoms with E-state index in [0.29, 0.717) is 6.04 Å². The van der Waals surface area contributed by atoms with Crippen molar-refractivity contribution < 1.29 is 14.7 Å². The van der Waals surface area contributed by atoms with Crippen LogP contribution < -0.4 is 5.32 Å². The highest BCUT2D eigenvalue weighted by Crippen LogP contribution is 2.30. The molecule has 3 aromatic rings. The first kappa shape index (κ1) is 18.9. The van der Waals surface area contributed by atoms with Gasteiger partial charge in [0.15, 0.2) is 0 Å². The fraction of sp³-hybridized carbons (Fsp3) is 0.273. The van der Waals surface area contributed by atoms with Crippen LogP contribution in [0.3, 0.4) is 0 Å². The number of hydrogen-bond acceptors (Lipinski definition) is 5. The Kier molecular flexibility index (Phi) is 5.12. The highest BCUT2D eigenvalue weighted by Gasteiger charge is 2.22. The van der Waals surface area contributed by atoms with Gasteiger partial charge in [-0.2, -0.15) is 0 Å². The fourth-order valence-corrected chi connectivity index (χ4v) is 3.28. The zero-order valence-electron chi connectivity index (χ0n) is 16.1. The molecule has 2 N–H and O–H groups in total. The molecule has 7 nitrogen and oxygen atoms in total. The van der Waals surface area contributed by atoms with E-state index >= 15 is 0 Å². The van der Waals surface area contributed by atoms with Crippen LogP contribution in [0.5, 0.6) is 0 Å². The molecule has 1 amide bonds. The molecule has 29 heavy (non-hydrogen) atoms. The average molecular weight is 390 g/mol. The molecule has 1 fully saturated rings. The summed E-state index contributed by atoms with van der Waals surface area (Å²) in [6.45, 7) is 1.31. The Bertz CT molecular complexity index is 1080. The predicted octanol–water partition coefficient (Wildman–Crippen LogP) is 3.30. The summed E-state index contributed by atoms with van der Waals surface area (Å²) in [6.07, 6.45) is 3.90. The van der Waals surface area contributed by atoms with Crippen molar-refractivity contribution in [3.05, 3.63) is 54.4 Å². The minimum absolute atomic E-state index is 0.251. The van der Waals surface area contributed by atoms with Gasteiger partial charge in [-0.15, -0.1) is 0 Å². The normalized spacial score (nSPS) is 13.3. The standard InChI is InChI=1S/C22H22N4O3/c1-14(27)26(12-21(28)29)11-15-3-2-4-16(9-15)17-5-8-20-19(10-17)22(24-13-23-20)25-18-6-7-18/h2-5,8-10,13,18H,6-7,11-12H2,1H3,(H,28,29)(H,23,24,25). The Morgan fingerprint density at radius 1 is 1.14 bits per heavy atom. The van der Waals surface area contributed by atoms with Crippen LogP contribution in [0.1, 0.15) is 25.3 Å². The Balaban J connectivity index is 1.64. The number of nitrogens with zero attached hydrogens (tertiary/aromatic N) is 3. The van der Waals surface area contributed by atoms with E-state index in [1.54, 1.807) is 6.33 Å². The van der Waals surface area contributed by atoms with E-state index in [1.165, 1.54) is 11.8 Å². The van der Waals surface area contributed by atoms with E-state index in [2.05, 4.69) is 21.4 Å². The quantitative estimate of drug-likeness (QED) is 0.643. The molecule has 1 saturated carbocycles. The molecule has 1 aliphatic rings. The van der Waals surface area contributed by atoms with Crippen LogP contribution in [0.4, 0.5) is 5.82 Å². The highest BCUT2D eigenvalue weighted by atomic mass is 16.4. The second-order valence-corrected chi connectivity index (χ2v) is 7.34. The summed E-state index contributed by atoms with van der Waals surface area (Å²) in [5, 5.41) is 13.5. The maximum Gasteiger partial charge on any atom is 0.323 e. The molecular weight excluding hydrogens is 368 g/mol. The molecule has 0 spiro atoms. The number of benzene rings is 2. The minimum Gasteiger partial charge on any atom is -0.480 e. The average Bonchev–Trinajstić information content (AvgIpc) is 3.51. The molecule has 0 aliphatic heterocycles. The van der Waals surface area contributed by atoms with E-state index < -0.39 is 5.97 Å². The van der Waals surface area contributed by atoms with E-state index in [1.807, 2.05) is 36.4 Å². The minimum atomic E-state index is -1.03. The molecule has 1 aromatic heterocycles. The van der Waals surface area contributed by atoms with E-state index in [9.17, 15) is 9.59 Å². The number of nitrogens with one attached hydrogen (secondary N) is 1. The van der Waals surface area contributed by atoms with Crippen LogP contribution in [0.15, 0.2) is 48.8 Å². The summed E-state index contributed by atoms with van der Waals surface area (Å²) in [5.41, 5.74) is 3.76. The van der Waals surface area contributed by atoms with Gasteiger partial charge in [0.05, 0.1) is 5.52 Å². The molecule has 0 radical (unpaired) electrons. The number of carboxylic acids is 1. The summed E-state index contributed by atoms with van der Waals surface area (Å²) < 4.78 is 0. The first-order valence-electron chi connectivity index (χ1n) is 9.57. The van der Waals surface area contributed by atoms with Gasteiger partial charge in [-0.3, -0.25) is 9.59 Å². The van der Waals surface area contributed by atoms with Gasteiger partial charge in [0.1, 0.15) is 18.7 Å². The first-order valence-corrected chi connectivity index (χ1v) is 9.57. The Hall–Kier alpha value is -3.48. The third kappa shape index (κ3) is 4.51. The van der Waals surface area contributed by atoms with Crippen molar-refractivity contribution in [1.82, 2.24) is 14.9 Å². The number of anilines is 1. The van der Waals surface area contributed by atoms with Crippen molar-refractivity contribution in [2.24, 2.45) is 0 Å². The molecule has 0 saturated heterocycles. The molecular formula is C22H22N4O3. The SMILES string of the molecule is CC(=O)N(CC(=O)O)Cc1cccc(-c2ccc3ncnc(NC4CC4)c3c2)c1. The third-order valence-electron chi connectivity index (χ3n) is 4.96. The van der Waals surface area contributed by atoms with Crippen molar-refractivity contribution in [2.45, 2.75) is 32.4 Å². The van der Waals surface area contributed by atoms with Gasteiger partial charge in [0, 0.05) is 24.9 Å². The molecule has 7 heteroatoms. The largest absolute Gasteiger partial charge is 0.480 e. The molecule has 0 bridgehead atoms. The van der Waals surface area contributed by atoms with Crippen LogP contribution in [-0.2, 0) is 16.1 Å². The summed E-state index contributed by atoms with van der Waals surface area (Å²) in [6, 6.07) is 14.3. The zero-order chi connectivity index (χ0) is 20.4. The fourth-order valence-electron chi connectivity index (χ4n) is 3.28. The number of carbonyl (C=O) groups is 2. The van der Waals surface area contributed by atoms with E-state index in [-0.39, 0.29) is 19.0 Å². The zero-order valence-corrected chi connectivity index (χ0v) is 16.1. The first-order chi connectivity index (χ1) is 14.0. The number of rotatable bonds is 7. The van der Waals surface area contributed by atoms with Crippen molar-refractivity contribution >= 4 is 28.6 Å². The van der Waals surface area contributed by atoms with Crippen molar-refractivity contribution in [1.29, 1.82) is 0 Å². The lowest BCUT2D eigenvalue weighted by Crippen LogP contribution is -2.33. The van der Waals surface area contributed by atoms with E-state index in [4.69, 9.17) is 5.11 Å². The Morgan fingerprint density at radius 3 is 2.66 bits per heavy atom. The summed E-state index contributed by atoms with van der Waals surface area (Å²) in [4.78, 5) is 32.8. The Labute approximate surface area is 168 Å². The maximum absolute atomic E-state index is 11.8. The van der Waals surface area contributed by atoms with Gasteiger partial charge in [0.2, 0.25) is 5.91 Å². The van der Waals surface area contributed by atoms with Crippen molar-refractivity contribution in [3.8, 4) is 11.1 Å². The predicted molar refractivity (Wildman–Crippen MR) is 110 cm³/mol.